The van der Waals surface area contributed by atoms with Gasteiger partial charge in [-0.15, -0.1) is 0 Å². The zero-order valence-electron chi connectivity index (χ0n) is 18.4. The van der Waals surface area contributed by atoms with E-state index < -0.39 is 17.9 Å². The summed E-state index contributed by atoms with van der Waals surface area (Å²) in [5, 5.41) is 5.36. The van der Waals surface area contributed by atoms with Gasteiger partial charge >= 0.3 is 17.9 Å². The molecule has 172 valence electrons. The van der Waals surface area contributed by atoms with Gasteiger partial charge in [-0.1, -0.05) is 19.1 Å². The van der Waals surface area contributed by atoms with Crippen LogP contribution in [0.15, 0.2) is 30.5 Å². The summed E-state index contributed by atoms with van der Waals surface area (Å²) >= 11 is 0. The Labute approximate surface area is 190 Å². The maximum Gasteiger partial charge on any atom is 0.411 e. The molecule has 4 N–H and O–H groups in total. The Morgan fingerprint density at radius 2 is 2.03 bits per heavy atom. The van der Waals surface area contributed by atoms with Crippen molar-refractivity contribution in [3.8, 4) is 5.88 Å². The summed E-state index contributed by atoms with van der Waals surface area (Å²) < 4.78 is 4.77. The molecule has 33 heavy (non-hydrogen) atoms. The molecule has 1 aromatic carbocycles. The first-order valence-corrected chi connectivity index (χ1v) is 10.7. The molecule has 0 saturated carbocycles. The van der Waals surface area contributed by atoms with Crippen LogP contribution in [0.1, 0.15) is 52.9 Å². The van der Waals surface area contributed by atoms with E-state index in [0.717, 1.165) is 17.5 Å². The lowest BCUT2D eigenvalue weighted by atomic mass is 9.88. The highest BCUT2D eigenvalue weighted by Gasteiger charge is 2.35. The number of primary amides is 1. The highest BCUT2D eigenvalue weighted by molar-refractivity contribution is 6.39. The SMILES string of the molecule is Cc1cc(NC(=O)C(=O)N2CC(C)CCC2c2ccc3c(c2)C(=O)NC3)cnc1OC(N)=O. The van der Waals surface area contributed by atoms with Crippen molar-refractivity contribution in [3.05, 3.63) is 52.7 Å². The van der Waals surface area contributed by atoms with E-state index in [1.54, 1.807) is 11.8 Å². The molecule has 1 fully saturated rings. The second-order valence-electron chi connectivity index (χ2n) is 8.48. The maximum absolute atomic E-state index is 13.2. The molecule has 0 radical (unpaired) electrons. The minimum atomic E-state index is -0.994. The van der Waals surface area contributed by atoms with Gasteiger partial charge in [0, 0.05) is 24.2 Å². The Hall–Kier alpha value is -3.95. The smallest absolute Gasteiger partial charge is 0.391 e. The number of aromatic nitrogens is 1. The third-order valence-electron chi connectivity index (χ3n) is 5.96. The van der Waals surface area contributed by atoms with Gasteiger partial charge in [-0.05, 0) is 48.9 Å². The van der Waals surface area contributed by atoms with E-state index in [4.69, 9.17) is 10.5 Å². The summed E-state index contributed by atoms with van der Waals surface area (Å²) in [5.41, 5.74) is 8.14. The van der Waals surface area contributed by atoms with Crippen LogP contribution in [-0.4, -0.2) is 40.2 Å². The van der Waals surface area contributed by atoms with Crippen LogP contribution in [0.4, 0.5) is 10.5 Å². The zero-order valence-corrected chi connectivity index (χ0v) is 18.4. The molecule has 3 heterocycles. The quantitative estimate of drug-likeness (QED) is 0.609. The standard InChI is InChI=1S/C23H25N5O5/c1-12-3-6-18(14-4-5-15-9-25-19(29)17(15)8-14)28(11-12)22(31)20(30)27-16-7-13(2)21(26-10-16)33-23(24)32/h4-5,7-8,10,12,18H,3,6,9,11H2,1-2H3,(H2,24,32)(H,25,29)(H,27,30). The molecular weight excluding hydrogens is 426 g/mol. The first kappa shape index (κ1) is 22.3. The Balaban J connectivity index is 1.53. The third kappa shape index (κ3) is 4.64. The number of anilines is 1. The zero-order chi connectivity index (χ0) is 23.7. The fraction of sp³-hybridized carbons (Fsp3) is 0.348. The second-order valence-corrected chi connectivity index (χ2v) is 8.48. The Morgan fingerprint density at radius 1 is 1.24 bits per heavy atom. The van der Waals surface area contributed by atoms with Gasteiger partial charge in [0.25, 0.3) is 5.91 Å². The minimum Gasteiger partial charge on any atom is -0.391 e. The molecule has 1 aromatic heterocycles. The van der Waals surface area contributed by atoms with E-state index in [9.17, 15) is 19.2 Å². The number of piperidine rings is 1. The summed E-state index contributed by atoms with van der Waals surface area (Å²) in [6.45, 7) is 4.60. The lowest BCUT2D eigenvalue weighted by Crippen LogP contribution is -2.46. The molecule has 2 aliphatic rings. The van der Waals surface area contributed by atoms with E-state index in [1.165, 1.54) is 12.3 Å². The fourth-order valence-electron chi connectivity index (χ4n) is 4.31. The van der Waals surface area contributed by atoms with Crippen molar-refractivity contribution in [2.45, 2.75) is 39.3 Å². The highest BCUT2D eigenvalue weighted by atomic mass is 16.6. The second kappa shape index (κ2) is 8.89. The van der Waals surface area contributed by atoms with Gasteiger partial charge in [-0.3, -0.25) is 14.4 Å². The monoisotopic (exact) mass is 451 g/mol. The number of rotatable bonds is 3. The first-order chi connectivity index (χ1) is 15.7. The molecule has 4 amide bonds. The number of aryl methyl sites for hydroxylation is 1. The van der Waals surface area contributed by atoms with Gasteiger partial charge in [-0.2, -0.15) is 0 Å². The number of nitrogens with one attached hydrogen (secondary N) is 2. The number of amides is 4. The van der Waals surface area contributed by atoms with Crippen molar-refractivity contribution in [3.63, 3.8) is 0 Å². The predicted molar refractivity (Wildman–Crippen MR) is 118 cm³/mol. The van der Waals surface area contributed by atoms with Crippen molar-refractivity contribution in [1.29, 1.82) is 0 Å². The van der Waals surface area contributed by atoms with Gasteiger partial charge in [0.1, 0.15) is 0 Å². The average molecular weight is 451 g/mol. The number of ether oxygens (including phenoxy) is 1. The van der Waals surface area contributed by atoms with E-state index in [2.05, 4.69) is 15.6 Å². The number of pyridine rings is 1. The van der Waals surface area contributed by atoms with E-state index in [-0.39, 0.29) is 23.7 Å². The van der Waals surface area contributed by atoms with Crippen LogP contribution < -0.4 is 21.1 Å². The number of likely N-dealkylation sites (tertiary alicyclic amines) is 1. The van der Waals surface area contributed by atoms with Crippen LogP contribution in [0.3, 0.4) is 0 Å². The molecule has 4 rings (SSSR count). The Bertz CT molecular complexity index is 1150. The predicted octanol–water partition coefficient (Wildman–Crippen LogP) is 2.03. The number of carbonyl (C=O) groups is 4. The van der Waals surface area contributed by atoms with Gasteiger partial charge in [0.2, 0.25) is 5.88 Å². The summed E-state index contributed by atoms with van der Waals surface area (Å²) in [4.78, 5) is 54.5. The van der Waals surface area contributed by atoms with Crippen molar-refractivity contribution in [2.24, 2.45) is 11.7 Å². The van der Waals surface area contributed by atoms with Crippen LogP contribution >= 0.6 is 0 Å². The number of benzene rings is 1. The van der Waals surface area contributed by atoms with Crippen LogP contribution in [0.25, 0.3) is 0 Å². The molecule has 2 atom stereocenters. The summed E-state index contributed by atoms with van der Waals surface area (Å²) in [6.07, 6.45) is 1.89. The number of nitrogens with zero attached hydrogens (tertiary/aromatic N) is 2. The Morgan fingerprint density at radius 3 is 2.76 bits per heavy atom. The van der Waals surface area contributed by atoms with Crippen LogP contribution in [-0.2, 0) is 16.1 Å². The molecule has 0 aliphatic carbocycles. The van der Waals surface area contributed by atoms with Gasteiger partial charge in [0.05, 0.1) is 17.9 Å². The van der Waals surface area contributed by atoms with Crippen molar-refractivity contribution in [2.75, 3.05) is 11.9 Å². The number of hydrogen-bond donors (Lipinski definition) is 3. The number of hydrogen-bond acceptors (Lipinski definition) is 6. The van der Waals surface area contributed by atoms with Crippen LogP contribution in [0.5, 0.6) is 5.88 Å². The topological polar surface area (TPSA) is 144 Å². The van der Waals surface area contributed by atoms with Crippen LogP contribution in [0, 0.1) is 12.8 Å². The van der Waals surface area contributed by atoms with Crippen molar-refractivity contribution >= 4 is 29.5 Å². The molecule has 0 spiro atoms. The summed E-state index contributed by atoms with van der Waals surface area (Å²) in [5.74, 6) is -1.31. The largest absolute Gasteiger partial charge is 0.411 e. The lowest BCUT2D eigenvalue weighted by molar-refractivity contribution is -0.146. The minimum absolute atomic E-state index is 0.0254. The van der Waals surface area contributed by atoms with E-state index in [1.807, 2.05) is 25.1 Å². The average Bonchev–Trinajstić information content (AvgIpc) is 3.15. The van der Waals surface area contributed by atoms with Crippen LogP contribution in [0.2, 0.25) is 0 Å². The number of fused-ring (bicyclic) bond motifs is 1. The third-order valence-corrected chi connectivity index (χ3v) is 5.96. The normalized spacial score (nSPS) is 19.5. The molecule has 1 saturated heterocycles. The van der Waals surface area contributed by atoms with E-state index in [0.29, 0.717) is 36.3 Å². The highest BCUT2D eigenvalue weighted by Crippen LogP contribution is 2.35. The number of nitrogens with two attached hydrogens (primary N) is 1. The van der Waals surface area contributed by atoms with Gasteiger partial charge in [0.15, 0.2) is 0 Å². The van der Waals surface area contributed by atoms with Gasteiger partial charge in [-0.25, -0.2) is 9.78 Å². The Kier molecular flexibility index (Phi) is 5.99. The number of carbonyl (C=O) groups excluding carboxylic acids is 4. The molecule has 0 bridgehead atoms. The molecule has 2 aliphatic heterocycles. The molecule has 10 heteroatoms. The summed E-state index contributed by atoms with van der Waals surface area (Å²) in [6, 6.07) is 6.87. The first-order valence-electron chi connectivity index (χ1n) is 10.7. The fourth-order valence-corrected chi connectivity index (χ4v) is 4.31. The summed E-state index contributed by atoms with van der Waals surface area (Å²) in [7, 11) is 0. The van der Waals surface area contributed by atoms with Crippen molar-refractivity contribution < 1.29 is 23.9 Å². The molecule has 10 nitrogen and oxygen atoms in total. The van der Waals surface area contributed by atoms with Gasteiger partial charge < -0.3 is 26.0 Å². The van der Waals surface area contributed by atoms with E-state index >= 15 is 0 Å². The molecule has 2 aromatic rings. The van der Waals surface area contributed by atoms with Crippen molar-refractivity contribution in [1.82, 2.24) is 15.2 Å². The molecule has 2 unspecified atom stereocenters. The molecular formula is C23H25N5O5. The maximum atomic E-state index is 13.2. The lowest BCUT2D eigenvalue weighted by Gasteiger charge is -2.38.